The number of azo groups is 1. The Morgan fingerprint density at radius 2 is 1.50 bits per heavy atom. The maximum absolute atomic E-state index is 5.93. The lowest BCUT2D eigenvalue weighted by Crippen LogP contribution is -2.08. The average molecular weight is 355 g/mol. The van der Waals surface area contributed by atoms with E-state index in [1.54, 1.807) is 24.3 Å². The molecule has 0 atom stereocenters. The Morgan fingerprint density at radius 3 is 2.00 bits per heavy atom. The number of anilines is 1. The van der Waals surface area contributed by atoms with Crippen LogP contribution in [0.1, 0.15) is 5.56 Å². The molecule has 0 aliphatic carbocycles. The van der Waals surface area contributed by atoms with Gasteiger partial charge in [-0.15, -0.1) is 5.11 Å². The van der Waals surface area contributed by atoms with Crippen LogP contribution in [-0.2, 0) is 0 Å². The Morgan fingerprint density at radius 1 is 0.909 bits per heavy atom. The zero-order valence-electron chi connectivity index (χ0n) is 12.1. The quantitative estimate of drug-likeness (QED) is 0.593. The molecule has 0 N–H and O–H groups in total. The van der Waals surface area contributed by atoms with Gasteiger partial charge in [-0.25, -0.2) is 0 Å². The Bertz CT molecular complexity index is 686. The Balaban J connectivity index is 2.27. The van der Waals surface area contributed by atoms with Gasteiger partial charge in [0.1, 0.15) is 10.2 Å². The molecule has 2 rings (SSSR count). The number of benzene rings is 2. The summed E-state index contributed by atoms with van der Waals surface area (Å²) in [7, 11) is 3.95. The molecule has 2 aromatic rings. The van der Waals surface area contributed by atoms with Crippen molar-refractivity contribution < 1.29 is 0 Å². The van der Waals surface area contributed by atoms with Crippen LogP contribution in [0.5, 0.6) is 0 Å². The zero-order chi connectivity index (χ0) is 16.1. The van der Waals surface area contributed by atoms with Gasteiger partial charge in [0.25, 0.3) is 0 Å². The first-order valence-corrected chi connectivity index (χ1v) is 7.61. The third kappa shape index (κ3) is 4.47. The van der Waals surface area contributed by atoms with Gasteiger partial charge in [0.15, 0.2) is 0 Å². The van der Waals surface area contributed by atoms with Gasteiger partial charge in [0.05, 0.1) is 5.69 Å². The molecule has 0 fully saturated rings. The lowest BCUT2D eigenvalue weighted by molar-refractivity contribution is 1.13. The van der Waals surface area contributed by atoms with E-state index in [4.69, 9.17) is 34.8 Å². The Hall–Kier alpha value is -1.55. The summed E-state index contributed by atoms with van der Waals surface area (Å²) >= 11 is 17.7. The minimum Gasteiger partial charge on any atom is -0.378 e. The maximum Gasteiger partial charge on any atom is 0.134 e. The molecule has 0 spiro atoms. The highest BCUT2D eigenvalue weighted by Gasteiger charge is 2.06. The number of nitrogens with zero attached hydrogens (tertiary/aromatic N) is 3. The number of hydrogen-bond acceptors (Lipinski definition) is 3. The molecule has 0 radical (unpaired) electrons. The van der Waals surface area contributed by atoms with Crippen LogP contribution in [0.2, 0.25) is 5.02 Å². The molecule has 0 aromatic heterocycles. The Kier molecular flexibility index (Phi) is 5.83. The van der Waals surface area contributed by atoms with E-state index in [0.717, 1.165) is 11.3 Å². The minimum atomic E-state index is 0.0651. The van der Waals surface area contributed by atoms with Crippen molar-refractivity contribution in [1.29, 1.82) is 0 Å². The zero-order valence-corrected chi connectivity index (χ0v) is 14.4. The lowest BCUT2D eigenvalue weighted by atomic mass is 10.1. The summed E-state index contributed by atoms with van der Waals surface area (Å²) in [6.45, 7) is 0. The van der Waals surface area contributed by atoms with E-state index in [-0.39, 0.29) is 4.49 Å². The highest BCUT2D eigenvalue weighted by atomic mass is 35.5. The molecule has 0 bridgehead atoms. The topological polar surface area (TPSA) is 28.0 Å². The SMILES string of the molecule is CN(C)c1ccc(C(N=Nc2ccc(Cl)cc2)=C(Cl)Cl)cc1. The third-order valence-electron chi connectivity index (χ3n) is 2.93. The van der Waals surface area contributed by atoms with E-state index < -0.39 is 0 Å². The molecule has 0 saturated heterocycles. The smallest absolute Gasteiger partial charge is 0.134 e. The number of rotatable bonds is 4. The van der Waals surface area contributed by atoms with Gasteiger partial charge in [-0.1, -0.05) is 46.9 Å². The summed E-state index contributed by atoms with van der Waals surface area (Å²) < 4.78 is 0.0651. The van der Waals surface area contributed by atoms with Crippen molar-refractivity contribution in [2.45, 2.75) is 0 Å². The fourth-order valence-corrected chi connectivity index (χ4v) is 2.16. The average Bonchev–Trinajstić information content (AvgIpc) is 2.49. The van der Waals surface area contributed by atoms with Crippen LogP contribution in [0.15, 0.2) is 63.3 Å². The fraction of sp³-hybridized carbons (Fsp3) is 0.125. The molecule has 0 aliphatic heterocycles. The first-order chi connectivity index (χ1) is 10.5. The molecule has 0 unspecified atom stereocenters. The van der Waals surface area contributed by atoms with E-state index in [0.29, 0.717) is 16.4 Å². The van der Waals surface area contributed by atoms with E-state index in [9.17, 15) is 0 Å². The second kappa shape index (κ2) is 7.63. The van der Waals surface area contributed by atoms with Crippen molar-refractivity contribution in [2.75, 3.05) is 19.0 Å². The van der Waals surface area contributed by atoms with Gasteiger partial charge in [-0.2, -0.15) is 5.11 Å². The first-order valence-electron chi connectivity index (χ1n) is 6.47. The highest BCUT2D eigenvalue weighted by Crippen LogP contribution is 2.29. The second-order valence-electron chi connectivity index (χ2n) is 4.73. The van der Waals surface area contributed by atoms with Crippen LogP contribution >= 0.6 is 34.8 Å². The molecule has 0 amide bonds. The first kappa shape index (κ1) is 16.8. The summed E-state index contributed by atoms with van der Waals surface area (Å²) in [5.74, 6) is 0. The predicted octanol–water partition coefficient (Wildman–Crippen LogP) is 6.29. The molecule has 6 heteroatoms. The van der Waals surface area contributed by atoms with E-state index in [2.05, 4.69) is 10.2 Å². The molecule has 114 valence electrons. The molecule has 22 heavy (non-hydrogen) atoms. The predicted molar refractivity (Wildman–Crippen MR) is 95.4 cm³/mol. The van der Waals surface area contributed by atoms with Gasteiger partial charge in [0, 0.05) is 30.4 Å². The van der Waals surface area contributed by atoms with Crippen molar-refractivity contribution in [3.8, 4) is 0 Å². The van der Waals surface area contributed by atoms with Gasteiger partial charge in [0.2, 0.25) is 0 Å². The van der Waals surface area contributed by atoms with E-state index in [1.807, 2.05) is 43.3 Å². The van der Waals surface area contributed by atoms with Crippen molar-refractivity contribution >= 4 is 51.9 Å². The van der Waals surface area contributed by atoms with Crippen LogP contribution in [0.25, 0.3) is 5.70 Å². The molecular weight excluding hydrogens is 341 g/mol. The number of halogens is 3. The summed E-state index contributed by atoms with van der Waals surface area (Å²) in [4.78, 5) is 2.00. The fourth-order valence-electron chi connectivity index (χ4n) is 1.74. The van der Waals surface area contributed by atoms with E-state index in [1.165, 1.54) is 0 Å². The summed E-state index contributed by atoms with van der Waals surface area (Å²) in [5.41, 5.74) is 2.96. The van der Waals surface area contributed by atoms with Gasteiger partial charge < -0.3 is 4.90 Å². The molecular formula is C16H14Cl3N3. The molecule has 0 aliphatic rings. The van der Waals surface area contributed by atoms with Gasteiger partial charge in [-0.05, 0) is 36.4 Å². The van der Waals surface area contributed by atoms with Gasteiger partial charge in [-0.3, -0.25) is 0 Å². The van der Waals surface area contributed by atoms with Gasteiger partial charge >= 0.3 is 0 Å². The standard InChI is InChI=1S/C16H14Cl3N3/c1-22(2)14-9-3-11(4-10-14)15(16(18)19)21-20-13-7-5-12(17)6-8-13/h3-10H,1-2H3. The second-order valence-corrected chi connectivity index (χ2v) is 6.11. The van der Waals surface area contributed by atoms with Crippen molar-refractivity contribution in [3.63, 3.8) is 0 Å². The largest absolute Gasteiger partial charge is 0.378 e. The lowest BCUT2D eigenvalue weighted by Gasteiger charge is -2.12. The molecule has 0 saturated carbocycles. The van der Waals surface area contributed by atoms with E-state index >= 15 is 0 Å². The molecule has 2 aromatic carbocycles. The van der Waals surface area contributed by atoms with Crippen LogP contribution in [0.4, 0.5) is 11.4 Å². The summed E-state index contributed by atoms with van der Waals surface area (Å²) in [5, 5.41) is 8.93. The monoisotopic (exact) mass is 353 g/mol. The summed E-state index contributed by atoms with van der Waals surface area (Å²) in [6.07, 6.45) is 0. The maximum atomic E-state index is 5.93. The number of hydrogen-bond donors (Lipinski definition) is 0. The highest BCUT2D eigenvalue weighted by molar-refractivity contribution is 6.58. The summed E-state index contributed by atoms with van der Waals surface area (Å²) in [6, 6.07) is 14.7. The normalized spacial score (nSPS) is 10.8. The molecule has 0 heterocycles. The van der Waals surface area contributed by atoms with Crippen LogP contribution in [0, 0.1) is 0 Å². The van der Waals surface area contributed by atoms with Crippen molar-refractivity contribution in [1.82, 2.24) is 0 Å². The van der Waals surface area contributed by atoms with Crippen molar-refractivity contribution in [3.05, 3.63) is 63.6 Å². The van der Waals surface area contributed by atoms with Crippen LogP contribution in [0.3, 0.4) is 0 Å². The molecule has 3 nitrogen and oxygen atoms in total. The van der Waals surface area contributed by atoms with Crippen LogP contribution < -0.4 is 4.90 Å². The van der Waals surface area contributed by atoms with Crippen LogP contribution in [-0.4, -0.2) is 14.1 Å². The minimum absolute atomic E-state index is 0.0651. The Labute approximate surface area is 144 Å². The van der Waals surface area contributed by atoms with Crippen molar-refractivity contribution in [2.24, 2.45) is 10.2 Å². The third-order valence-corrected chi connectivity index (χ3v) is 3.54.